The first-order valence-electron chi connectivity index (χ1n) is 7.65. The number of halogens is 3. The average molecular weight is 461 g/mol. The molecule has 11 heteroatoms. The summed E-state index contributed by atoms with van der Waals surface area (Å²) in [7, 11) is -2.70. The third-order valence-electron chi connectivity index (χ3n) is 4.02. The van der Waals surface area contributed by atoms with Gasteiger partial charge in [0.05, 0.1) is 12.6 Å². The van der Waals surface area contributed by atoms with Gasteiger partial charge in [0.25, 0.3) is 0 Å². The van der Waals surface area contributed by atoms with Crippen molar-refractivity contribution in [3.8, 4) is 11.8 Å². The molecule has 0 saturated heterocycles. The van der Waals surface area contributed by atoms with Crippen LogP contribution in [0.15, 0.2) is 33.9 Å². The number of nitrogens with zero attached hydrogens (tertiary/aromatic N) is 3. The summed E-state index contributed by atoms with van der Waals surface area (Å²) in [6.45, 7) is 1.79. The zero-order valence-electron chi connectivity index (χ0n) is 14.3. The van der Waals surface area contributed by atoms with E-state index in [0.717, 1.165) is 10.0 Å². The number of aryl methyl sites for hydroxylation is 1. The Morgan fingerprint density at radius 3 is 2.67 bits per heavy atom. The number of alkyl halides is 2. The van der Waals surface area contributed by atoms with Gasteiger partial charge >= 0.3 is 0 Å². The summed E-state index contributed by atoms with van der Waals surface area (Å²) in [6.07, 6.45) is -0.583. The van der Waals surface area contributed by atoms with E-state index in [1.54, 1.807) is 19.1 Å². The Morgan fingerprint density at radius 1 is 1.37 bits per heavy atom. The summed E-state index contributed by atoms with van der Waals surface area (Å²) < 4.78 is 56.7. The molecule has 2 N–H and O–H groups in total. The topological polar surface area (TPSA) is 100 Å². The number of rotatable bonds is 5. The largest absolute Gasteiger partial charge is 0.481 e. The highest BCUT2D eigenvalue weighted by Crippen LogP contribution is 2.33. The highest BCUT2D eigenvalue weighted by molar-refractivity contribution is 9.10. The summed E-state index contributed by atoms with van der Waals surface area (Å²) in [5.41, 5.74) is 1.41. The van der Waals surface area contributed by atoms with Crippen molar-refractivity contribution in [2.45, 2.75) is 24.7 Å². The fourth-order valence-electron chi connectivity index (χ4n) is 2.80. The minimum atomic E-state index is -4.01. The maximum Gasteiger partial charge on any atom is 0.242 e. The quantitative estimate of drug-likeness (QED) is 0.630. The lowest BCUT2D eigenvalue weighted by Crippen LogP contribution is -2.11. The van der Waals surface area contributed by atoms with Gasteiger partial charge in [-0.2, -0.15) is 4.98 Å². The molecule has 0 aliphatic carbocycles. The Kier molecular flexibility index (Phi) is 5.19. The normalized spacial score (nSPS) is 12.1. The van der Waals surface area contributed by atoms with Gasteiger partial charge in [-0.1, -0.05) is 22.0 Å². The van der Waals surface area contributed by atoms with Crippen LogP contribution in [0.2, 0.25) is 0 Å². The van der Waals surface area contributed by atoms with Crippen LogP contribution in [-0.4, -0.2) is 36.5 Å². The minimum absolute atomic E-state index is 0.00745. The maximum atomic E-state index is 12.7. The van der Waals surface area contributed by atoms with Crippen LogP contribution >= 0.6 is 15.9 Å². The monoisotopic (exact) mass is 460 g/mol. The molecule has 0 spiro atoms. The van der Waals surface area contributed by atoms with Crippen LogP contribution < -0.4 is 9.88 Å². The molecule has 0 aliphatic rings. The molecule has 7 nitrogen and oxygen atoms in total. The molecule has 0 amide bonds. The Bertz CT molecular complexity index is 1130. The third kappa shape index (κ3) is 3.66. The van der Waals surface area contributed by atoms with E-state index in [-0.39, 0.29) is 22.3 Å². The molecular weight excluding hydrogens is 446 g/mol. The molecule has 0 aliphatic heterocycles. The van der Waals surface area contributed by atoms with E-state index >= 15 is 0 Å². The van der Waals surface area contributed by atoms with Gasteiger partial charge in [-0.15, -0.1) is 0 Å². The molecule has 144 valence electrons. The van der Waals surface area contributed by atoms with Gasteiger partial charge in [0.1, 0.15) is 4.90 Å². The highest BCUT2D eigenvalue weighted by Gasteiger charge is 2.22. The van der Waals surface area contributed by atoms with Gasteiger partial charge in [0.15, 0.2) is 0 Å². The van der Waals surface area contributed by atoms with E-state index in [2.05, 4.69) is 25.9 Å². The molecule has 0 bridgehead atoms. The summed E-state index contributed by atoms with van der Waals surface area (Å²) in [5.74, 6) is 0.0675. The number of hydrogen-bond donors (Lipinski definition) is 1. The SMILES string of the molecule is COc1nc(-n2cc(S(N)(=O)=O)c3ccc(Br)c(C)c32)ncc1CC(F)F. The van der Waals surface area contributed by atoms with Gasteiger partial charge in [-0.3, -0.25) is 4.57 Å². The van der Waals surface area contributed by atoms with Crippen molar-refractivity contribution >= 4 is 36.9 Å². The number of sulfonamides is 1. The molecule has 0 saturated carbocycles. The summed E-state index contributed by atoms with van der Waals surface area (Å²) in [5, 5.41) is 5.74. The van der Waals surface area contributed by atoms with Crippen molar-refractivity contribution in [3.05, 3.63) is 40.1 Å². The number of aromatic nitrogens is 3. The van der Waals surface area contributed by atoms with Crippen LogP contribution in [0.1, 0.15) is 11.1 Å². The summed E-state index contributed by atoms with van der Waals surface area (Å²) in [6, 6.07) is 3.33. The molecule has 0 unspecified atom stereocenters. The lowest BCUT2D eigenvalue weighted by atomic mass is 10.2. The zero-order chi connectivity index (χ0) is 19.9. The number of methoxy groups -OCH3 is 1. The first kappa shape index (κ1) is 19.6. The van der Waals surface area contributed by atoms with Crippen LogP contribution in [0.25, 0.3) is 16.9 Å². The molecule has 2 aromatic heterocycles. The van der Waals surface area contributed by atoms with Crippen LogP contribution in [0.4, 0.5) is 8.78 Å². The maximum absolute atomic E-state index is 12.7. The van der Waals surface area contributed by atoms with Crippen molar-refractivity contribution in [1.29, 1.82) is 0 Å². The molecule has 27 heavy (non-hydrogen) atoms. The van der Waals surface area contributed by atoms with E-state index in [1.165, 1.54) is 24.1 Å². The fraction of sp³-hybridized carbons (Fsp3) is 0.250. The van der Waals surface area contributed by atoms with Crippen molar-refractivity contribution in [1.82, 2.24) is 14.5 Å². The van der Waals surface area contributed by atoms with E-state index in [4.69, 9.17) is 9.88 Å². The molecule has 1 aromatic carbocycles. The van der Waals surface area contributed by atoms with E-state index in [0.29, 0.717) is 10.9 Å². The number of primary sulfonamides is 1. The van der Waals surface area contributed by atoms with Crippen molar-refractivity contribution in [3.63, 3.8) is 0 Å². The molecule has 2 heterocycles. The minimum Gasteiger partial charge on any atom is -0.481 e. The van der Waals surface area contributed by atoms with Crippen molar-refractivity contribution < 1.29 is 21.9 Å². The van der Waals surface area contributed by atoms with Gasteiger partial charge in [0, 0.05) is 34.2 Å². The summed E-state index contributed by atoms with van der Waals surface area (Å²) in [4.78, 5) is 8.20. The first-order valence-corrected chi connectivity index (χ1v) is 9.98. The number of nitrogens with two attached hydrogens (primary N) is 1. The molecule has 0 radical (unpaired) electrons. The van der Waals surface area contributed by atoms with E-state index in [9.17, 15) is 17.2 Å². The lowest BCUT2D eigenvalue weighted by Gasteiger charge is -2.11. The van der Waals surface area contributed by atoms with E-state index < -0.39 is 22.9 Å². The molecular formula is C16H15BrF2N4O3S. The van der Waals surface area contributed by atoms with Crippen molar-refractivity contribution in [2.75, 3.05) is 7.11 Å². The second-order valence-corrected chi connectivity index (χ2v) is 8.16. The Labute approximate surface area is 162 Å². The van der Waals surface area contributed by atoms with Crippen LogP contribution in [0.3, 0.4) is 0 Å². The van der Waals surface area contributed by atoms with Crippen LogP contribution in [0.5, 0.6) is 5.88 Å². The predicted octanol–water partition coefficient (Wildman–Crippen LogP) is 2.96. The Hall–Kier alpha value is -2.11. The van der Waals surface area contributed by atoms with E-state index in [1.807, 2.05) is 0 Å². The molecule has 0 fully saturated rings. The molecule has 0 atom stereocenters. The van der Waals surface area contributed by atoms with Gasteiger partial charge in [-0.05, 0) is 18.6 Å². The standard InChI is InChI=1S/C16H15BrF2N4O3S/c1-8-11(17)4-3-10-12(27(20,24)25)7-23(14(8)10)16-21-6-9(5-13(18)19)15(22-16)26-2/h3-4,6-7,13H,5H2,1-2H3,(H2,20,24,25). The van der Waals surface area contributed by atoms with Gasteiger partial charge < -0.3 is 4.74 Å². The van der Waals surface area contributed by atoms with Gasteiger partial charge in [0.2, 0.25) is 28.3 Å². The lowest BCUT2D eigenvalue weighted by molar-refractivity contribution is 0.147. The first-order chi connectivity index (χ1) is 12.6. The number of fused-ring (bicyclic) bond motifs is 1. The smallest absolute Gasteiger partial charge is 0.242 e. The zero-order valence-corrected chi connectivity index (χ0v) is 16.7. The number of ether oxygens (including phenoxy) is 1. The second kappa shape index (κ2) is 7.13. The average Bonchev–Trinajstić information content (AvgIpc) is 2.98. The van der Waals surface area contributed by atoms with Crippen molar-refractivity contribution in [2.24, 2.45) is 5.14 Å². The third-order valence-corrected chi connectivity index (χ3v) is 5.82. The number of benzene rings is 1. The Balaban J connectivity index is 2.30. The molecule has 3 aromatic rings. The Morgan fingerprint density at radius 2 is 2.07 bits per heavy atom. The molecule has 3 rings (SSSR count). The second-order valence-electron chi connectivity index (χ2n) is 5.78. The summed E-state index contributed by atoms with van der Waals surface area (Å²) >= 11 is 3.41. The highest BCUT2D eigenvalue weighted by atomic mass is 79.9. The fourth-order valence-corrected chi connectivity index (χ4v) is 3.85. The van der Waals surface area contributed by atoms with Gasteiger partial charge in [-0.25, -0.2) is 27.3 Å². The predicted molar refractivity (Wildman–Crippen MR) is 98.9 cm³/mol. The number of hydrogen-bond acceptors (Lipinski definition) is 5. The van der Waals surface area contributed by atoms with Crippen LogP contribution in [0, 0.1) is 6.92 Å². The van der Waals surface area contributed by atoms with Crippen LogP contribution in [-0.2, 0) is 16.4 Å².